The van der Waals surface area contributed by atoms with Gasteiger partial charge in [-0.05, 0) is 62.3 Å². The lowest BCUT2D eigenvalue weighted by molar-refractivity contribution is -0.118. The minimum Gasteiger partial charge on any atom is -0.508 e. The summed E-state index contributed by atoms with van der Waals surface area (Å²) in [5.74, 6) is 0.725. The molecule has 1 aromatic carbocycles. The molecule has 2 unspecified atom stereocenters. The number of nitrogens with two attached hydrogens (primary N) is 1. The summed E-state index contributed by atoms with van der Waals surface area (Å²) in [6.07, 6.45) is 6.21. The Morgan fingerprint density at radius 3 is 2.62 bits per heavy atom. The average Bonchev–Trinajstić information content (AvgIpc) is 2.69. The summed E-state index contributed by atoms with van der Waals surface area (Å²) in [5.41, 5.74) is 6.49. The Labute approximate surface area is 125 Å². The van der Waals surface area contributed by atoms with Crippen LogP contribution in [-0.4, -0.2) is 34.5 Å². The van der Waals surface area contributed by atoms with Crippen LogP contribution < -0.4 is 5.73 Å². The molecule has 0 aliphatic carbocycles. The van der Waals surface area contributed by atoms with Crippen molar-refractivity contribution in [3.8, 4) is 5.75 Å². The molecule has 2 bridgehead atoms. The number of carbonyl (C=O) groups excluding carboxylic acids is 1. The third kappa shape index (κ3) is 3.21. The second-order valence-corrected chi connectivity index (χ2v) is 6.46. The van der Waals surface area contributed by atoms with Crippen molar-refractivity contribution < 1.29 is 9.90 Å². The Bertz CT molecular complexity index is 503. The molecule has 1 amide bonds. The molecule has 2 aliphatic heterocycles. The zero-order valence-electron chi connectivity index (χ0n) is 12.4. The van der Waals surface area contributed by atoms with Crippen LogP contribution in [-0.2, 0) is 4.79 Å². The monoisotopic (exact) mass is 288 g/mol. The molecule has 3 N–H and O–H groups in total. The fourth-order valence-electron chi connectivity index (χ4n) is 4.13. The van der Waals surface area contributed by atoms with Crippen molar-refractivity contribution >= 4 is 5.91 Å². The highest BCUT2D eigenvalue weighted by Crippen LogP contribution is 2.43. The molecule has 4 heteroatoms. The van der Waals surface area contributed by atoms with E-state index >= 15 is 0 Å². The van der Waals surface area contributed by atoms with Crippen molar-refractivity contribution in [2.45, 2.75) is 56.5 Å². The van der Waals surface area contributed by atoms with Crippen molar-refractivity contribution in [1.82, 2.24) is 4.90 Å². The van der Waals surface area contributed by atoms with E-state index in [9.17, 15) is 9.90 Å². The van der Waals surface area contributed by atoms with E-state index in [2.05, 4.69) is 11.0 Å². The van der Waals surface area contributed by atoms with Crippen LogP contribution in [0.1, 0.15) is 50.0 Å². The number of hydrogen-bond acceptors (Lipinski definition) is 3. The highest BCUT2D eigenvalue weighted by Gasteiger charge is 2.40. The van der Waals surface area contributed by atoms with Crippen molar-refractivity contribution in [2.24, 2.45) is 5.73 Å². The number of phenols is 1. The topological polar surface area (TPSA) is 66.6 Å². The summed E-state index contributed by atoms with van der Waals surface area (Å²) in [5, 5.41) is 9.66. The molecular weight excluding hydrogens is 264 g/mol. The molecular formula is C17H24N2O2. The van der Waals surface area contributed by atoms with Crippen LogP contribution in [0.25, 0.3) is 0 Å². The number of primary amides is 1. The van der Waals surface area contributed by atoms with E-state index in [1.54, 1.807) is 6.07 Å². The molecule has 0 radical (unpaired) electrons. The van der Waals surface area contributed by atoms with Gasteiger partial charge in [0, 0.05) is 18.5 Å². The van der Waals surface area contributed by atoms with Crippen LogP contribution in [0.4, 0.5) is 0 Å². The molecule has 0 aromatic heterocycles. The number of carbonyl (C=O) groups is 1. The standard InChI is InChI=1S/C17H24N2O2/c18-17(21)5-2-8-19-14-6-7-15(19)10-13(9-14)12-3-1-4-16(20)11-12/h1,3-4,11,13-15,20H,2,5-10H2,(H2,18,21). The maximum atomic E-state index is 10.9. The second-order valence-electron chi connectivity index (χ2n) is 6.46. The first-order chi connectivity index (χ1) is 10.1. The lowest BCUT2D eigenvalue weighted by atomic mass is 9.85. The molecule has 1 aromatic rings. The number of phenolic OH excluding ortho intramolecular Hbond substituents is 1. The van der Waals surface area contributed by atoms with Crippen molar-refractivity contribution in [1.29, 1.82) is 0 Å². The smallest absolute Gasteiger partial charge is 0.217 e. The Hall–Kier alpha value is -1.55. The summed E-state index contributed by atoms with van der Waals surface area (Å²) in [7, 11) is 0. The first-order valence-electron chi connectivity index (χ1n) is 7.96. The van der Waals surface area contributed by atoms with Gasteiger partial charge in [-0.2, -0.15) is 0 Å². The number of hydrogen-bond donors (Lipinski definition) is 2. The zero-order chi connectivity index (χ0) is 14.8. The molecule has 0 saturated carbocycles. The van der Waals surface area contributed by atoms with E-state index in [1.165, 1.54) is 18.4 Å². The maximum Gasteiger partial charge on any atom is 0.217 e. The molecule has 2 heterocycles. The number of rotatable bonds is 5. The number of aromatic hydroxyl groups is 1. The molecule has 2 atom stereocenters. The molecule has 2 fully saturated rings. The first-order valence-corrected chi connectivity index (χ1v) is 7.96. The van der Waals surface area contributed by atoms with Gasteiger partial charge in [-0.15, -0.1) is 0 Å². The number of nitrogens with zero attached hydrogens (tertiary/aromatic N) is 1. The third-order valence-electron chi connectivity index (χ3n) is 5.07. The van der Waals surface area contributed by atoms with Crippen LogP contribution in [0.15, 0.2) is 24.3 Å². The van der Waals surface area contributed by atoms with E-state index in [-0.39, 0.29) is 5.91 Å². The number of piperidine rings is 1. The third-order valence-corrected chi connectivity index (χ3v) is 5.07. The van der Waals surface area contributed by atoms with Gasteiger partial charge in [0.2, 0.25) is 5.91 Å². The maximum absolute atomic E-state index is 10.9. The van der Waals surface area contributed by atoms with Gasteiger partial charge in [0.15, 0.2) is 0 Å². The summed E-state index contributed by atoms with van der Waals surface area (Å²) in [6, 6.07) is 8.97. The van der Waals surface area contributed by atoms with E-state index in [4.69, 9.17) is 5.73 Å². The van der Waals surface area contributed by atoms with E-state index < -0.39 is 0 Å². The summed E-state index contributed by atoms with van der Waals surface area (Å²) >= 11 is 0. The highest BCUT2D eigenvalue weighted by molar-refractivity contribution is 5.73. The molecule has 2 saturated heterocycles. The minimum absolute atomic E-state index is 0.197. The predicted molar refractivity (Wildman–Crippen MR) is 82.0 cm³/mol. The second kappa shape index (κ2) is 6.06. The summed E-state index contributed by atoms with van der Waals surface area (Å²) in [6.45, 7) is 0.991. The molecule has 4 nitrogen and oxygen atoms in total. The molecule has 3 rings (SSSR count). The minimum atomic E-state index is -0.197. The highest BCUT2D eigenvalue weighted by atomic mass is 16.3. The van der Waals surface area contributed by atoms with Gasteiger partial charge in [-0.1, -0.05) is 12.1 Å². The van der Waals surface area contributed by atoms with Gasteiger partial charge in [-0.3, -0.25) is 9.69 Å². The summed E-state index contributed by atoms with van der Waals surface area (Å²) in [4.78, 5) is 13.5. The zero-order valence-corrected chi connectivity index (χ0v) is 12.4. The molecule has 2 aliphatic rings. The largest absolute Gasteiger partial charge is 0.508 e. The van der Waals surface area contributed by atoms with Crippen molar-refractivity contribution in [3.05, 3.63) is 29.8 Å². The average molecular weight is 288 g/mol. The summed E-state index contributed by atoms with van der Waals surface area (Å²) < 4.78 is 0. The van der Waals surface area contributed by atoms with Crippen LogP contribution in [0.2, 0.25) is 0 Å². The van der Waals surface area contributed by atoms with Gasteiger partial charge in [0.05, 0.1) is 0 Å². The predicted octanol–water partition coefficient (Wildman–Crippen LogP) is 2.37. The molecule has 114 valence electrons. The Kier molecular flexibility index (Phi) is 4.15. The number of amides is 1. The SMILES string of the molecule is NC(=O)CCCN1C2CCC1CC(c1cccc(O)c1)C2. The fourth-order valence-corrected chi connectivity index (χ4v) is 4.13. The fraction of sp³-hybridized carbons (Fsp3) is 0.588. The van der Waals surface area contributed by atoms with Crippen molar-refractivity contribution in [2.75, 3.05) is 6.54 Å². The van der Waals surface area contributed by atoms with Gasteiger partial charge >= 0.3 is 0 Å². The van der Waals surface area contributed by atoms with Crippen molar-refractivity contribution in [3.63, 3.8) is 0 Å². The van der Waals surface area contributed by atoms with Crippen LogP contribution in [0.3, 0.4) is 0 Å². The van der Waals surface area contributed by atoms with E-state index in [0.29, 0.717) is 30.2 Å². The van der Waals surface area contributed by atoms with E-state index in [1.807, 2.05) is 12.1 Å². The van der Waals surface area contributed by atoms with Crippen LogP contribution in [0, 0.1) is 0 Å². The lowest BCUT2D eigenvalue weighted by Gasteiger charge is -2.39. The Morgan fingerprint density at radius 1 is 1.29 bits per heavy atom. The quantitative estimate of drug-likeness (QED) is 0.874. The van der Waals surface area contributed by atoms with E-state index in [0.717, 1.165) is 25.8 Å². The van der Waals surface area contributed by atoms with Crippen LogP contribution in [0.5, 0.6) is 5.75 Å². The Balaban J connectivity index is 1.62. The first kappa shape index (κ1) is 14.4. The van der Waals surface area contributed by atoms with Gasteiger partial charge in [0.1, 0.15) is 5.75 Å². The lowest BCUT2D eigenvalue weighted by Crippen LogP contribution is -2.42. The van der Waals surface area contributed by atoms with Crippen LogP contribution >= 0.6 is 0 Å². The van der Waals surface area contributed by atoms with Gasteiger partial charge in [0.25, 0.3) is 0 Å². The van der Waals surface area contributed by atoms with Gasteiger partial charge in [-0.25, -0.2) is 0 Å². The number of fused-ring (bicyclic) bond motifs is 2. The number of benzene rings is 1. The molecule has 0 spiro atoms. The molecule has 21 heavy (non-hydrogen) atoms. The normalized spacial score (nSPS) is 28.7. The Morgan fingerprint density at radius 2 is 2.00 bits per heavy atom. The van der Waals surface area contributed by atoms with Gasteiger partial charge < -0.3 is 10.8 Å².